The fourth-order valence-corrected chi connectivity index (χ4v) is 2.90. The molecule has 0 aliphatic carbocycles. The largest absolute Gasteiger partial charge is 0.493 e. The van der Waals surface area contributed by atoms with E-state index in [1.54, 1.807) is 11.3 Å². The molecule has 2 N–H and O–H groups in total. The van der Waals surface area contributed by atoms with Gasteiger partial charge in [0.15, 0.2) is 0 Å². The van der Waals surface area contributed by atoms with Gasteiger partial charge in [-0.1, -0.05) is 25.1 Å². The molecule has 4 heteroatoms. The quantitative estimate of drug-likeness (QED) is 0.882. The fourth-order valence-electron chi connectivity index (χ4n) is 1.97. The molecule has 0 unspecified atom stereocenters. The SMILES string of the molecule is CCc1ccccc1OCCc1nc(C)c(CN)s1. The van der Waals surface area contributed by atoms with Crippen LogP contribution in [0.5, 0.6) is 5.75 Å². The van der Waals surface area contributed by atoms with Crippen LogP contribution in [-0.4, -0.2) is 11.6 Å². The monoisotopic (exact) mass is 276 g/mol. The van der Waals surface area contributed by atoms with Gasteiger partial charge in [-0.15, -0.1) is 11.3 Å². The van der Waals surface area contributed by atoms with Crippen LogP contribution in [0.25, 0.3) is 0 Å². The van der Waals surface area contributed by atoms with E-state index >= 15 is 0 Å². The third-order valence-corrected chi connectivity index (χ3v) is 4.29. The number of para-hydroxylation sites is 1. The first-order valence-corrected chi connectivity index (χ1v) is 7.42. The van der Waals surface area contributed by atoms with Gasteiger partial charge in [0.25, 0.3) is 0 Å². The molecule has 0 spiro atoms. The lowest BCUT2D eigenvalue weighted by atomic mass is 10.1. The summed E-state index contributed by atoms with van der Waals surface area (Å²) in [6.45, 7) is 5.38. The second-order valence-corrected chi connectivity index (χ2v) is 5.55. The van der Waals surface area contributed by atoms with E-state index in [9.17, 15) is 0 Å². The first-order chi connectivity index (χ1) is 9.24. The third-order valence-electron chi connectivity index (χ3n) is 3.05. The molecule has 0 fully saturated rings. The van der Waals surface area contributed by atoms with Gasteiger partial charge in [0.05, 0.1) is 17.3 Å². The van der Waals surface area contributed by atoms with Gasteiger partial charge in [-0.05, 0) is 25.0 Å². The molecule has 0 saturated heterocycles. The summed E-state index contributed by atoms with van der Waals surface area (Å²) in [5.74, 6) is 0.984. The van der Waals surface area contributed by atoms with Crippen molar-refractivity contribution in [3.8, 4) is 5.75 Å². The smallest absolute Gasteiger partial charge is 0.122 e. The molecule has 0 saturated carbocycles. The summed E-state index contributed by atoms with van der Waals surface area (Å²) in [5, 5.41) is 1.10. The molecule has 0 atom stereocenters. The molecule has 3 nitrogen and oxygen atoms in total. The van der Waals surface area contributed by atoms with Crippen LogP contribution in [-0.2, 0) is 19.4 Å². The summed E-state index contributed by atoms with van der Waals surface area (Å²) >= 11 is 1.69. The maximum absolute atomic E-state index is 5.85. The van der Waals surface area contributed by atoms with Crippen molar-refractivity contribution >= 4 is 11.3 Å². The zero-order chi connectivity index (χ0) is 13.7. The number of aryl methyl sites for hydroxylation is 2. The normalized spacial score (nSPS) is 10.7. The van der Waals surface area contributed by atoms with Crippen molar-refractivity contribution in [2.75, 3.05) is 6.61 Å². The Morgan fingerprint density at radius 1 is 1.32 bits per heavy atom. The first kappa shape index (κ1) is 14.0. The average molecular weight is 276 g/mol. The van der Waals surface area contributed by atoms with E-state index in [1.807, 2.05) is 25.1 Å². The standard InChI is InChI=1S/C15H20N2OS/c1-3-12-6-4-5-7-13(12)18-9-8-15-17-11(2)14(10-16)19-15/h4-7H,3,8-10,16H2,1-2H3. The minimum absolute atomic E-state index is 0.572. The number of benzene rings is 1. The second-order valence-electron chi connectivity index (χ2n) is 4.38. The van der Waals surface area contributed by atoms with E-state index in [0.717, 1.165) is 29.3 Å². The fraction of sp³-hybridized carbons (Fsp3) is 0.400. The molecule has 19 heavy (non-hydrogen) atoms. The predicted octanol–water partition coefficient (Wildman–Crippen LogP) is 3.09. The molecule has 2 rings (SSSR count). The topological polar surface area (TPSA) is 48.1 Å². The first-order valence-electron chi connectivity index (χ1n) is 6.60. The highest BCUT2D eigenvalue weighted by Gasteiger charge is 2.07. The van der Waals surface area contributed by atoms with Gasteiger partial charge in [-0.2, -0.15) is 0 Å². The second kappa shape index (κ2) is 6.68. The van der Waals surface area contributed by atoms with Crippen molar-refractivity contribution in [3.05, 3.63) is 45.4 Å². The molecule has 0 bridgehead atoms. The minimum atomic E-state index is 0.572. The molecule has 1 aromatic carbocycles. The molecule has 1 aromatic heterocycles. The zero-order valence-electron chi connectivity index (χ0n) is 11.5. The number of nitrogens with zero attached hydrogens (tertiary/aromatic N) is 1. The highest BCUT2D eigenvalue weighted by atomic mass is 32.1. The van der Waals surface area contributed by atoms with Crippen molar-refractivity contribution in [3.63, 3.8) is 0 Å². The number of ether oxygens (including phenoxy) is 1. The maximum Gasteiger partial charge on any atom is 0.122 e. The molecule has 0 aliphatic rings. The van der Waals surface area contributed by atoms with E-state index in [0.29, 0.717) is 13.2 Å². The summed E-state index contributed by atoms with van der Waals surface area (Å²) in [5.41, 5.74) is 7.96. The van der Waals surface area contributed by atoms with Gasteiger partial charge in [-0.25, -0.2) is 4.98 Å². The third kappa shape index (κ3) is 3.55. The average Bonchev–Trinajstić information content (AvgIpc) is 2.79. The minimum Gasteiger partial charge on any atom is -0.493 e. The van der Waals surface area contributed by atoms with E-state index in [4.69, 9.17) is 10.5 Å². The molecule has 0 amide bonds. The Kier molecular flexibility index (Phi) is 4.93. The molecular formula is C15H20N2OS. The van der Waals surface area contributed by atoms with Crippen LogP contribution >= 0.6 is 11.3 Å². The van der Waals surface area contributed by atoms with Gasteiger partial charge in [0.1, 0.15) is 5.75 Å². The predicted molar refractivity (Wildman–Crippen MR) is 79.8 cm³/mol. The Morgan fingerprint density at radius 2 is 2.11 bits per heavy atom. The summed E-state index contributed by atoms with van der Waals surface area (Å²) < 4.78 is 5.85. The van der Waals surface area contributed by atoms with Crippen molar-refractivity contribution in [2.45, 2.75) is 33.2 Å². The zero-order valence-corrected chi connectivity index (χ0v) is 12.3. The molecule has 102 valence electrons. The van der Waals surface area contributed by atoms with Crippen LogP contribution in [0.2, 0.25) is 0 Å². The Labute approximate surface area is 118 Å². The van der Waals surface area contributed by atoms with Crippen LogP contribution in [0.4, 0.5) is 0 Å². The van der Waals surface area contributed by atoms with Crippen LogP contribution in [0, 0.1) is 6.92 Å². The summed E-state index contributed by atoms with van der Waals surface area (Å²) in [7, 11) is 0. The Hall–Kier alpha value is -1.39. The van der Waals surface area contributed by atoms with E-state index in [2.05, 4.69) is 18.0 Å². The Morgan fingerprint density at radius 3 is 2.79 bits per heavy atom. The number of hydrogen-bond donors (Lipinski definition) is 1. The van der Waals surface area contributed by atoms with Crippen LogP contribution in [0.15, 0.2) is 24.3 Å². The lowest BCUT2D eigenvalue weighted by molar-refractivity contribution is 0.318. The van der Waals surface area contributed by atoms with Gasteiger partial charge in [0.2, 0.25) is 0 Å². The van der Waals surface area contributed by atoms with Crippen LogP contribution < -0.4 is 10.5 Å². The number of thiazole rings is 1. The molecule has 0 aliphatic heterocycles. The number of nitrogens with two attached hydrogens (primary N) is 1. The summed E-state index contributed by atoms with van der Waals surface area (Å²) in [4.78, 5) is 5.68. The number of rotatable bonds is 6. The van der Waals surface area contributed by atoms with E-state index in [1.165, 1.54) is 10.4 Å². The van der Waals surface area contributed by atoms with Crippen LogP contribution in [0.3, 0.4) is 0 Å². The summed E-state index contributed by atoms with van der Waals surface area (Å²) in [6, 6.07) is 8.19. The van der Waals surface area contributed by atoms with Crippen molar-refractivity contribution < 1.29 is 4.74 Å². The highest BCUT2D eigenvalue weighted by molar-refractivity contribution is 7.11. The van der Waals surface area contributed by atoms with Gasteiger partial charge in [0, 0.05) is 17.8 Å². The number of hydrogen-bond acceptors (Lipinski definition) is 4. The van der Waals surface area contributed by atoms with Crippen molar-refractivity contribution in [1.29, 1.82) is 0 Å². The molecule has 0 radical (unpaired) electrons. The summed E-state index contributed by atoms with van der Waals surface area (Å²) in [6.07, 6.45) is 1.83. The lowest BCUT2D eigenvalue weighted by Gasteiger charge is -2.09. The molecular weight excluding hydrogens is 256 g/mol. The molecule has 1 heterocycles. The highest BCUT2D eigenvalue weighted by Crippen LogP contribution is 2.20. The van der Waals surface area contributed by atoms with Gasteiger partial charge in [-0.3, -0.25) is 0 Å². The number of aromatic nitrogens is 1. The lowest BCUT2D eigenvalue weighted by Crippen LogP contribution is -2.02. The van der Waals surface area contributed by atoms with E-state index in [-0.39, 0.29) is 0 Å². The molecule has 2 aromatic rings. The van der Waals surface area contributed by atoms with Gasteiger partial charge >= 0.3 is 0 Å². The Bertz CT molecular complexity index is 537. The van der Waals surface area contributed by atoms with E-state index < -0.39 is 0 Å². The van der Waals surface area contributed by atoms with Crippen molar-refractivity contribution in [2.24, 2.45) is 5.73 Å². The van der Waals surface area contributed by atoms with Crippen molar-refractivity contribution in [1.82, 2.24) is 4.98 Å². The Balaban J connectivity index is 1.92. The van der Waals surface area contributed by atoms with Crippen LogP contribution in [0.1, 0.15) is 28.1 Å². The maximum atomic E-state index is 5.85. The van der Waals surface area contributed by atoms with Gasteiger partial charge < -0.3 is 10.5 Å².